The van der Waals surface area contributed by atoms with Crippen molar-refractivity contribution in [1.82, 2.24) is 10.2 Å². The topological polar surface area (TPSA) is 77.1 Å². The summed E-state index contributed by atoms with van der Waals surface area (Å²) < 4.78 is 16.0. The Morgan fingerprint density at radius 1 is 1.15 bits per heavy atom. The second-order valence-corrected chi connectivity index (χ2v) is 5.81. The molecule has 0 saturated carbocycles. The fourth-order valence-electron chi connectivity index (χ4n) is 2.87. The second-order valence-electron chi connectivity index (χ2n) is 5.81. The average molecular weight is 352 g/mol. The summed E-state index contributed by atoms with van der Waals surface area (Å²) in [6.07, 6.45) is 1.58. The number of methoxy groups -OCH3 is 1. The molecule has 1 saturated heterocycles. The van der Waals surface area contributed by atoms with Gasteiger partial charge in [0, 0.05) is 11.6 Å². The van der Waals surface area contributed by atoms with Crippen molar-refractivity contribution in [2.45, 2.75) is 6.54 Å². The number of carbonyl (C=O) groups is 2. The van der Waals surface area contributed by atoms with E-state index in [4.69, 9.17) is 14.2 Å². The average Bonchev–Trinajstić information content (AvgIpc) is 3.21. The number of rotatable bonds is 4. The summed E-state index contributed by atoms with van der Waals surface area (Å²) in [4.78, 5) is 26.0. The lowest BCUT2D eigenvalue weighted by atomic mass is 10.1. The summed E-state index contributed by atoms with van der Waals surface area (Å²) in [6.45, 7) is 0.347. The first-order valence-corrected chi connectivity index (χ1v) is 8.02. The van der Waals surface area contributed by atoms with Crippen molar-refractivity contribution in [1.29, 1.82) is 0 Å². The summed E-state index contributed by atoms with van der Waals surface area (Å²) in [7, 11) is 1.52. The van der Waals surface area contributed by atoms with Crippen LogP contribution in [0.1, 0.15) is 11.1 Å². The summed E-state index contributed by atoms with van der Waals surface area (Å²) in [6, 6.07) is 12.3. The molecule has 1 fully saturated rings. The number of nitrogens with one attached hydrogen (secondary N) is 1. The van der Waals surface area contributed by atoms with Crippen LogP contribution in [0.25, 0.3) is 6.08 Å². The van der Waals surface area contributed by atoms with Crippen LogP contribution in [-0.2, 0) is 11.3 Å². The number of imide groups is 1. The van der Waals surface area contributed by atoms with Crippen molar-refractivity contribution in [3.05, 3.63) is 59.3 Å². The standard InChI is InChI=1S/C19H16N2O5/c1-24-15-9-17-16(25-11-26-17)8-13(15)7-14-18(22)21(19(23)20-14)10-12-5-3-2-4-6-12/h2-9H,10-11H2,1H3,(H,20,23)/b14-7+. The Labute approximate surface area is 149 Å². The lowest BCUT2D eigenvalue weighted by molar-refractivity contribution is -0.123. The van der Waals surface area contributed by atoms with Crippen LogP contribution in [0.3, 0.4) is 0 Å². The number of carbonyl (C=O) groups excluding carboxylic acids is 2. The zero-order valence-electron chi connectivity index (χ0n) is 14.0. The van der Waals surface area contributed by atoms with Gasteiger partial charge in [-0.2, -0.15) is 0 Å². The summed E-state index contributed by atoms with van der Waals surface area (Å²) in [5.41, 5.74) is 1.67. The summed E-state index contributed by atoms with van der Waals surface area (Å²) in [5, 5.41) is 2.61. The summed E-state index contributed by atoms with van der Waals surface area (Å²) >= 11 is 0. The van der Waals surface area contributed by atoms with Gasteiger partial charge in [0.15, 0.2) is 11.5 Å². The molecule has 0 aromatic heterocycles. The molecule has 0 spiro atoms. The maximum atomic E-state index is 12.6. The van der Waals surface area contributed by atoms with Gasteiger partial charge in [0.1, 0.15) is 11.4 Å². The molecule has 7 nitrogen and oxygen atoms in total. The Bertz CT molecular complexity index is 908. The van der Waals surface area contributed by atoms with Gasteiger partial charge >= 0.3 is 6.03 Å². The van der Waals surface area contributed by atoms with E-state index in [2.05, 4.69) is 5.32 Å². The quantitative estimate of drug-likeness (QED) is 0.676. The third-order valence-corrected chi connectivity index (χ3v) is 4.17. The van der Waals surface area contributed by atoms with Crippen molar-refractivity contribution < 1.29 is 23.8 Å². The molecule has 2 aliphatic rings. The highest BCUT2D eigenvalue weighted by atomic mass is 16.7. The van der Waals surface area contributed by atoms with Gasteiger partial charge < -0.3 is 19.5 Å². The number of amides is 3. The lowest BCUT2D eigenvalue weighted by Crippen LogP contribution is -2.30. The maximum absolute atomic E-state index is 12.6. The van der Waals surface area contributed by atoms with Gasteiger partial charge in [-0.3, -0.25) is 9.69 Å². The molecule has 0 atom stereocenters. The highest BCUT2D eigenvalue weighted by Gasteiger charge is 2.33. The lowest BCUT2D eigenvalue weighted by Gasteiger charge is -2.11. The zero-order chi connectivity index (χ0) is 18.1. The predicted octanol–water partition coefficient (Wildman–Crippen LogP) is 2.52. The largest absolute Gasteiger partial charge is 0.496 e. The van der Waals surface area contributed by atoms with E-state index in [0.29, 0.717) is 22.8 Å². The van der Waals surface area contributed by atoms with E-state index in [1.165, 1.54) is 12.0 Å². The first-order chi connectivity index (χ1) is 12.7. The Morgan fingerprint density at radius 2 is 1.88 bits per heavy atom. The smallest absolute Gasteiger partial charge is 0.329 e. The van der Waals surface area contributed by atoms with Crippen molar-refractivity contribution >= 4 is 18.0 Å². The first kappa shape index (κ1) is 16.0. The third-order valence-electron chi connectivity index (χ3n) is 4.17. The third kappa shape index (κ3) is 2.83. The number of hydrogen-bond acceptors (Lipinski definition) is 5. The molecule has 4 rings (SSSR count). The predicted molar refractivity (Wildman–Crippen MR) is 92.6 cm³/mol. The number of ether oxygens (including phenoxy) is 3. The fourth-order valence-corrected chi connectivity index (χ4v) is 2.87. The van der Waals surface area contributed by atoms with Gasteiger partial charge in [0.2, 0.25) is 6.79 Å². The molecule has 26 heavy (non-hydrogen) atoms. The maximum Gasteiger partial charge on any atom is 0.329 e. The normalized spacial score (nSPS) is 17.0. The van der Waals surface area contributed by atoms with E-state index in [1.807, 2.05) is 30.3 Å². The van der Waals surface area contributed by atoms with Gasteiger partial charge in [0.25, 0.3) is 5.91 Å². The number of fused-ring (bicyclic) bond motifs is 1. The first-order valence-electron chi connectivity index (χ1n) is 8.02. The van der Waals surface area contributed by atoms with Crippen LogP contribution in [0, 0.1) is 0 Å². The van der Waals surface area contributed by atoms with Crippen molar-refractivity contribution in [3.8, 4) is 17.2 Å². The Morgan fingerprint density at radius 3 is 2.62 bits per heavy atom. The van der Waals surface area contributed by atoms with Gasteiger partial charge in [-0.1, -0.05) is 30.3 Å². The van der Waals surface area contributed by atoms with Gasteiger partial charge in [0.05, 0.1) is 13.7 Å². The molecule has 2 aliphatic heterocycles. The Hall–Kier alpha value is -3.48. The van der Waals surface area contributed by atoms with E-state index in [9.17, 15) is 9.59 Å². The fraction of sp³-hybridized carbons (Fsp3) is 0.158. The monoisotopic (exact) mass is 352 g/mol. The SMILES string of the molecule is COc1cc2c(cc1/C=C1/NC(=O)N(Cc3ccccc3)C1=O)OCO2. The van der Waals surface area contributed by atoms with Crippen LogP contribution in [0.15, 0.2) is 48.2 Å². The Balaban J connectivity index is 1.62. The van der Waals surface area contributed by atoms with Crippen molar-refractivity contribution in [2.24, 2.45) is 0 Å². The number of nitrogens with zero attached hydrogens (tertiary/aromatic N) is 1. The van der Waals surface area contributed by atoms with Crippen LogP contribution in [0.2, 0.25) is 0 Å². The molecule has 2 aromatic carbocycles. The van der Waals surface area contributed by atoms with Crippen LogP contribution < -0.4 is 19.5 Å². The summed E-state index contributed by atoms with van der Waals surface area (Å²) in [5.74, 6) is 1.27. The molecule has 2 heterocycles. The van der Waals surface area contributed by atoms with Crippen LogP contribution in [-0.4, -0.2) is 30.7 Å². The highest BCUT2D eigenvalue weighted by molar-refractivity contribution is 6.14. The second kappa shape index (κ2) is 6.44. The van der Waals surface area contributed by atoms with Crippen LogP contribution in [0.5, 0.6) is 17.2 Å². The highest BCUT2D eigenvalue weighted by Crippen LogP contribution is 2.39. The van der Waals surface area contributed by atoms with Gasteiger partial charge in [-0.05, 0) is 17.7 Å². The molecule has 1 N–H and O–H groups in total. The number of urea groups is 1. The molecule has 2 aromatic rings. The molecule has 3 amide bonds. The number of benzene rings is 2. The van der Waals surface area contributed by atoms with E-state index in [0.717, 1.165) is 5.56 Å². The van der Waals surface area contributed by atoms with Gasteiger partial charge in [-0.25, -0.2) is 4.79 Å². The molecule has 0 radical (unpaired) electrons. The van der Waals surface area contributed by atoms with E-state index in [1.54, 1.807) is 18.2 Å². The molecule has 132 valence electrons. The minimum atomic E-state index is -0.454. The molecular weight excluding hydrogens is 336 g/mol. The number of hydrogen-bond donors (Lipinski definition) is 1. The molecule has 0 unspecified atom stereocenters. The molecule has 0 aliphatic carbocycles. The minimum Gasteiger partial charge on any atom is -0.496 e. The van der Waals surface area contributed by atoms with E-state index in [-0.39, 0.29) is 19.0 Å². The van der Waals surface area contributed by atoms with Crippen LogP contribution in [0.4, 0.5) is 4.79 Å². The van der Waals surface area contributed by atoms with Crippen LogP contribution >= 0.6 is 0 Å². The molecule has 7 heteroatoms. The minimum absolute atomic E-state index is 0.138. The molecular formula is C19H16N2O5. The van der Waals surface area contributed by atoms with Crippen molar-refractivity contribution in [3.63, 3.8) is 0 Å². The zero-order valence-corrected chi connectivity index (χ0v) is 14.0. The van der Waals surface area contributed by atoms with Crippen molar-refractivity contribution in [2.75, 3.05) is 13.9 Å². The Kier molecular flexibility index (Phi) is 3.96. The van der Waals surface area contributed by atoms with Gasteiger partial charge in [-0.15, -0.1) is 0 Å². The van der Waals surface area contributed by atoms with E-state index >= 15 is 0 Å². The molecule has 0 bridgehead atoms. The van der Waals surface area contributed by atoms with E-state index < -0.39 is 11.9 Å².